The molecule has 0 fully saturated rings. The predicted molar refractivity (Wildman–Crippen MR) is 74.3 cm³/mol. The van der Waals surface area contributed by atoms with Crippen LogP contribution in [0.5, 0.6) is 0 Å². The van der Waals surface area contributed by atoms with E-state index in [1.807, 2.05) is 0 Å². The van der Waals surface area contributed by atoms with Crippen LogP contribution in [0, 0.1) is 0 Å². The topological polar surface area (TPSA) is 12.5 Å². The van der Waals surface area contributed by atoms with Gasteiger partial charge in [0.15, 0.2) is 0 Å². The monoisotopic (exact) mass is 227 g/mol. The second-order valence-electron chi connectivity index (χ2n) is 4.39. The van der Waals surface area contributed by atoms with Crippen molar-refractivity contribution < 1.29 is 4.65 Å². The summed E-state index contributed by atoms with van der Waals surface area (Å²) in [5.41, 5.74) is 0. The minimum Gasteiger partial charge on any atom is -0.436 e. The fourth-order valence-corrected chi connectivity index (χ4v) is 2.06. The van der Waals surface area contributed by atoms with Crippen LogP contribution in [-0.4, -0.2) is 38.1 Å². The first-order valence-electron chi connectivity index (χ1n) is 7.12. The van der Waals surface area contributed by atoms with Gasteiger partial charge in [0.1, 0.15) is 0 Å². The minimum absolute atomic E-state index is 0.500. The normalized spacial score (nSPS) is 11.1. The maximum absolute atomic E-state index is 5.77. The van der Waals surface area contributed by atoms with Gasteiger partial charge in [0.05, 0.1) is 0 Å². The van der Waals surface area contributed by atoms with Gasteiger partial charge < -0.3 is 9.55 Å². The van der Waals surface area contributed by atoms with Crippen molar-refractivity contribution in [2.45, 2.75) is 59.6 Å². The van der Waals surface area contributed by atoms with Crippen molar-refractivity contribution in [3.05, 3.63) is 0 Å². The number of rotatable bonds is 11. The van der Waals surface area contributed by atoms with Gasteiger partial charge in [0, 0.05) is 6.61 Å². The molecule has 0 radical (unpaired) electrons. The van der Waals surface area contributed by atoms with Crippen LogP contribution in [-0.2, 0) is 4.65 Å². The average Bonchev–Trinajstić information content (AvgIpc) is 2.31. The lowest BCUT2D eigenvalue weighted by atomic mass is 9.59. The Morgan fingerprint density at radius 2 is 1.56 bits per heavy atom. The maximum Gasteiger partial charge on any atom is 0.293 e. The molecule has 0 N–H and O–H groups in total. The van der Waals surface area contributed by atoms with E-state index in [0.717, 1.165) is 6.61 Å². The highest BCUT2D eigenvalue weighted by atomic mass is 16.4. The summed E-state index contributed by atoms with van der Waals surface area (Å²) in [5, 5.41) is 0. The van der Waals surface area contributed by atoms with Gasteiger partial charge in [0.25, 0.3) is 6.92 Å². The van der Waals surface area contributed by atoms with Gasteiger partial charge in [-0.2, -0.15) is 0 Å². The fourth-order valence-electron chi connectivity index (χ4n) is 2.06. The standard InChI is InChI=1S/C13H30BNO/c1-5-9-11-14(16-8-4)12-10-13-15(6-2)7-3/h5-13H2,1-4H3. The Kier molecular flexibility index (Phi) is 11.5. The van der Waals surface area contributed by atoms with Gasteiger partial charge in [-0.05, 0) is 45.6 Å². The average molecular weight is 227 g/mol. The molecule has 0 aliphatic heterocycles. The molecule has 0 rings (SSSR count). The molecule has 0 aromatic carbocycles. The van der Waals surface area contributed by atoms with Crippen LogP contribution in [0.4, 0.5) is 0 Å². The molecular formula is C13H30BNO. The van der Waals surface area contributed by atoms with E-state index >= 15 is 0 Å². The molecule has 0 aliphatic rings. The number of nitrogens with zero attached hydrogens (tertiary/aromatic N) is 1. The molecule has 0 unspecified atom stereocenters. The highest BCUT2D eigenvalue weighted by Crippen LogP contribution is 2.10. The molecule has 0 amide bonds. The van der Waals surface area contributed by atoms with E-state index in [4.69, 9.17) is 4.65 Å². The summed E-state index contributed by atoms with van der Waals surface area (Å²) in [7, 11) is 0. The quantitative estimate of drug-likeness (QED) is 0.500. The van der Waals surface area contributed by atoms with Crippen molar-refractivity contribution >= 4 is 6.92 Å². The Morgan fingerprint density at radius 3 is 2.06 bits per heavy atom. The van der Waals surface area contributed by atoms with Crippen LogP contribution in [0.3, 0.4) is 0 Å². The summed E-state index contributed by atoms with van der Waals surface area (Å²) in [6.07, 6.45) is 6.32. The zero-order chi connectivity index (χ0) is 12.2. The van der Waals surface area contributed by atoms with Crippen LogP contribution in [0.1, 0.15) is 47.0 Å². The van der Waals surface area contributed by atoms with E-state index in [2.05, 4.69) is 32.6 Å². The lowest BCUT2D eigenvalue weighted by molar-refractivity contribution is 0.298. The fraction of sp³-hybridized carbons (Fsp3) is 1.00. The molecule has 0 aliphatic carbocycles. The van der Waals surface area contributed by atoms with Gasteiger partial charge in [0.2, 0.25) is 0 Å². The Morgan fingerprint density at radius 1 is 0.938 bits per heavy atom. The second kappa shape index (κ2) is 11.5. The van der Waals surface area contributed by atoms with Crippen molar-refractivity contribution in [1.82, 2.24) is 4.90 Å². The first-order valence-corrected chi connectivity index (χ1v) is 7.12. The minimum atomic E-state index is 0.500. The van der Waals surface area contributed by atoms with Gasteiger partial charge in [-0.1, -0.05) is 33.6 Å². The van der Waals surface area contributed by atoms with Crippen molar-refractivity contribution in [2.75, 3.05) is 26.2 Å². The van der Waals surface area contributed by atoms with E-state index in [1.165, 1.54) is 51.5 Å². The van der Waals surface area contributed by atoms with Gasteiger partial charge in [-0.3, -0.25) is 0 Å². The van der Waals surface area contributed by atoms with E-state index < -0.39 is 0 Å². The molecular weight excluding hydrogens is 197 g/mol. The number of unbranched alkanes of at least 4 members (excludes halogenated alkanes) is 1. The van der Waals surface area contributed by atoms with E-state index in [-0.39, 0.29) is 0 Å². The zero-order valence-electron chi connectivity index (χ0n) is 11.8. The van der Waals surface area contributed by atoms with Crippen molar-refractivity contribution in [2.24, 2.45) is 0 Å². The maximum atomic E-state index is 5.77. The summed E-state index contributed by atoms with van der Waals surface area (Å²) < 4.78 is 5.77. The number of hydrogen-bond donors (Lipinski definition) is 0. The Bertz CT molecular complexity index is 140. The van der Waals surface area contributed by atoms with E-state index in [9.17, 15) is 0 Å². The van der Waals surface area contributed by atoms with Crippen LogP contribution < -0.4 is 0 Å². The van der Waals surface area contributed by atoms with Crippen LogP contribution in [0.25, 0.3) is 0 Å². The third kappa shape index (κ3) is 8.17. The van der Waals surface area contributed by atoms with Crippen LogP contribution in [0.2, 0.25) is 12.6 Å². The molecule has 0 atom stereocenters. The summed E-state index contributed by atoms with van der Waals surface area (Å²) >= 11 is 0. The summed E-state index contributed by atoms with van der Waals surface area (Å²) in [4.78, 5) is 2.49. The Balaban J connectivity index is 3.65. The summed E-state index contributed by atoms with van der Waals surface area (Å²) in [6, 6.07) is 0. The van der Waals surface area contributed by atoms with Crippen molar-refractivity contribution in [3.63, 3.8) is 0 Å². The van der Waals surface area contributed by atoms with Gasteiger partial charge in [-0.25, -0.2) is 0 Å². The highest BCUT2D eigenvalue weighted by Gasteiger charge is 2.14. The molecule has 0 aromatic rings. The molecule has 0 aromatic heterocycles. The zero-order valence-corrected chi connectivity index (χ0v) is 11.8. The molecule has 0 spiro atoms. The lowest BCUT2D eigenvalue weighted by Gasteiger charge is -2.19. The third-order valence-corrected chi connectivity index (χ3v) is 3.18. The molecule has 0 bridgehead atoms. The first kappa shape index (κ1) is 16.0. The van der Waals surface area contributed by atoms with Crippen molar-refractivity contribution in [1.29, 1.82) is 0 Å². The van der Waals surface area contributed by atoms with Gasteiger partial charge >= 0.3 is 0 Å². The molecule has 0 heterocycles. The predicted octanol–water partition coefficient (Wildman–Crippen LogP) is 3.55. The third-order valence-electron chi connectivity index (χ3n) is 3.18. The first-order chi connectivity index (χ1) is 7.78. The molecule has 16 heavy (non-hydrogen) atoms. The molecule has 0 saturated carbocycles. The van der Waals surface area contributed by atoms with Crippen molar-refractivity contribution in [3.8, 4) is 0 Å². The van der Waals surface area contributed by atoms with E-state index in [1.54, 1.807) is 0 Å². The second-order valence-corrected chi connectivity index (χ2v) is 4.39. The highest BCUT2D eigenvalue weighted by molar-refractivity contribution is 6.51. The van der Waals surface area contributed by atoms with Crippen LogP contribution >= 0.6 is 0 Å². The molecule has 96 valence electrons. The SMILES string of the molecule is CCCCB(CCCN(CC)CC)OCC. The lowest BCUT2D eigenvalue weighted by Crippen LogP contribution is -2.26. The molecule has 2 nitrogen and oxygen atoms in total. The Labute approximate surface area is 103 Å². The summed E-state index contributed by atoms with van der Waals surface area (Å²) in [5.74, 6) is 0. The largest absolute Gasteiger partial charge is 0.436 e. The smallest absolute Gasteiger partial charge is 0.293 e. The molecule has 3 heteroatoms. The van der Waals surface area contributed by atoms with Gasteiger partial charge in [-0.15, -0.1) is 0 Å². The van der Waals surface area contributed by atoms with E-state index in [0.29, 0.717) is 6.92 Å². The van der Waals surface area contributed by atoms with Crippen LogP contribution in [0.15, 0.2) is 0 Å². The molecule has 0 saturated heterocycles. The Hall–Kier alpha value is -0.0151. The summed E-state index contributed by atoms with van der Waals surface area (Å²) in [6.45, 7) is 13.8. The number of hydrogen-bond acceptors (Lipinski definition) is 2.